The van der Waals surface area contributed by atoms with E-state index in [2.05, 4.69) is 47.5 Å². The van der Waals surface area contributed by atoms with Gasteiger partial charge in [-0.2, -0.15) is 4.98 Å². The Balaban J connectivity index is 1.71. The van der Waals surface area contributed by atoms with E-state index in [0.717, 1.165) is 31.1 Å². The summed E-state index contributed by atoms with van der Waals surface area (Å²) in [6, 6.07) is 6.72. The van der Waals surface area contributed by atoms with Gasteiger partial charge >= 0.3 is 0 Å². The van der Waals surface area contributed by atoms with Gasteiger partial charge in [-0.1, -0.05) is 29.8 Å². The van der Waals surface area contributed by atoms with Gasteiger partial charge in [-0.15, -0.1) is 0 Å². The van der Waals surface area contributed by atoms with Gasteiger partial charge in [-0.05, 0) is 49.9 Å². The Kier molecular flexibility index (Phi) is 3.83. The minimum Gasteiger partial charge on any atom is -0.338 e. The van der Waals surface area contributed by atoms with Gasteiger partial charge in [0, 0.05) is 6.42 Å². The van der Waals surface area contributed by atoms with Gasteiger partial charge in [0.05, 0.1) is 6.04 Å². The minimum absolute atomic E-state index is 0.241. The van der Waals surface area contributed by atoms with Gasteiger partial charge in [0.1, 0.15) is 0 Å². The zero-order chi connectivity index (χ0) is 13.9. The standard InChI is InChI=1S/C16H21N3O/c1-11-6-7-13(9-12(11)2)10-15-18-16(20-19-15)14-5-3-4-8-17-14/h6-7,9,14,17H,3-5,8,10H2,1-2H3/t14-/m1/s1. The molecule has 2 aromatic rings. The van der Waals surface area contributed by atoms with Crippen molar-refractivity contribution in [3.05, 3.63) is 46.6 Å². The highest BCUT2D eigenvalue weighted by Crippen LogP contribution is 2.22. The van der Waals surface area contributed by atoms with Gasteiger partial charge in [-0.3, -0.25) is 0 Å². The smallest absolute Gasteiger partial charge is 0.243 e. The van der Waals surface area contributed by atoms with Gasteiger partial charge in [-0.25, -0.2) is 0 Å². The zero-order valence-electron chi connectivity index (χ0n) is 12.1. The van der Waals surface area contributed by atoms with Crippen molar-refractivity contribution in [1.29, 1.82) is 0 Å². The lowest BCUT2D eigenvalue weighted by Crippen LogP contribution is -2.27. The lowest BCUT2D eigenvalue weighted by Gasteiger charge is -2.19. The fourth-order valence-corrected chi connectivity index (χ4v) is 2.64. The van der Waals surface area contributed by atoms with Crippen LogP contribution in [0.25, 0.3) is 0 Å². The normalized spacial score (nSPS) is 19.2. The molecule has 1 aromatic heterocycles. The van der Waals surface area contributed by atoms with Crippen molar-refractivity contribution in [2.75, 3.05) is 6.54 Å². The Bertz CT molecular complexity index is 585. The number of nitrogens with zero attached hydrogens (tertiary/aromatic N) is 2. The fraction of sp³-hybridized carbons (Fsp3) is 0.500. The second-order valence-electron chi connectivity index (χ2n) is 5.65. The highest BCUT2D eigenvalue weighted by molar-refractivity contribution is 5.31. The third-order valence-electron chi connectivity index (χ3n) is 4.03. The predicted molar refractivity (Wildman–Crippen MR) is 77.6 cm³/mol. The molecule has 0 aliphatic carbocycles. The Hall–Kier alpha value is -1.68. The van der Waals surface area contributed by atoms with E-state index in [0.29, 0.717) is 0 Å². The number of piperidine rings is 1. The number of nitrogens with one attached hydrogen (secondary N) is 1. The third-order valence-corrected chi connectivity index (χ3v) is 4.03. The molecule has 4 nitrogen and oxygen atoms in total. The summed E-state index contributed by atoms with van der Waals surface area (Å²) >= 11 is 0. The largest absolute Gasteiger partial charge is 0.338 e. The maximum Gasteiger partial charge on any atom is 0.243 e. The van der Waals surface area contributed by atoms with Gasteiger partial charge in [0.15, 0.2) is 5.82 Å². The number of aromatic nitrogens is 2. The predicted octanol–water partition coefficient (Wildman–Crippen LogP) is 3.09. The number of rotatable bonds is 3. The SMILES string of the molecule is Cc1ccc(Cc2noc([C@H]3CCCCN3)n2)cc1C. The minimum atomic E-state index is 0.241. The molecule has 4 heteroatoms. The molecule has 0 unspecified atom stereocenters. The molecule has 0 radical (unpaired) electrons. The summed E-state index contributed by atoms with van der Waals surface area (Å²) in [5.41, 5.74) is 3.85. The summed E-state index contributed by atoms with van der Waals surface area (Å²) in [6.45, 7) is 5.30. The molecule has 1 aliphatic rings. The summed E-state index contributed by atoms with van der Waals surface area (Å²) in [7, 11) is 0. The molecule has 0 saturated carbocycles. The molecule has 0 amide bonds. The zero-order valence-corrected chi connectivity index (χ0v) is 12.1. The van der Waals surface area contributed by atoms with Gasteiger partial charge in [0.25, 0.3) is 0 Å². The number of benzene rings is 1. The van der Waals surface area contributed by atoms with Crippen molar-refractivity contribution in [2.45, 2.75) is 45.6 Å². The van der Waals surface area contributed by atoms with Gasteiger partial charge < -0.3 is 9.84 Å². The van der Waals surface area contributed by atoms with E-state index in [-0.39, 0.29) is 6.04 Å². The quantitative estimate of drug-likeness (QED) is 0.932. The van der Waals surface area contributed by atoms with Crippen LogP contribution in [0.2, 0.25) is 0 Å². The van der Waals surface area contributed by atoms with E-state index in [1.165, 1.54) is 29.5 Å². The highest BCUT2D eigenvalue weighted by atomic mass is 16.5. The first-order valence-electron chi connectivity index (χ1n) is 7.34. The molecule has 20 heavy (non-hydrogen) atoms. The van der Waals surface area contributed by atoms with Crippen molar-refractivity contribution in [3.63, 3.8) is 0 Å². The molecule has 0 spiro atoms. The molecule has 1 fully saturated rings. The van der Waals surface area contributed by atoms with Crippen LogP contribution in [0.4, 0.5) is 0 Å². The van der Waals surface area contributed by atoms with Crippen molar-refractivity contribution in [3.8, 4) is 0 Å². The van der Waals surface area contributed by atoms with Gasteiger partial charge in [0.2, 0.25) is 5.89 Å². The van der Waals surface area contributed by atoms with Crippen LogP contribution in [0.15, 0.2) is 22.7 Å². The lowest BCUT2D eigenvalue weighted by atomic mass is 10.0. The molecular weight excluding hydrogens is 250 g/mol. The maximum atomic E-state index is 5.41. The average Bonchev–Trinajstić information content (AvgIpc) is 2.92. The van der Waals surface area contributed by atoms with Crippen LogP contribution < -0.4 is 5.32 Å². The second-order valence-corrected chi connectivity index (χ2v) is 5.65. The van der Waals surface area contributed by atoms with Crippen LogP contribution >= 0.6 is 0 Å². The van der Waals surface area contributed by atoms with E-state index in [4.69, 9.17) is 4.52 Å². The molecule has 1 atom stereocenters. The van der Waals surface area contributed by atoms with E-state index in [1.54, 1.807) is 0 Å². The van der Waals surface area contributed by atoms with Crippen LogP contribution in [0, 0.1) is 13.8 Å². The number of hydrogen-bond donors (Lipinski definition) is 1. The molecule has 1 saturated heterocycles. The Morgan fingerprint density at radius 2 is 2.15 bits per heavy atom. The first-order chi connectivity index (χ1) is 9.72. The highest BCUT2D eigenvalue weighted by Gasteiger charge is 2.20. The summed E-state index contributed by atoms with van der Waals surface area (Å²) in [6.07, 6.45) is 4.29. The van der Waals surface area contributed by atoms with Crippen LogP contribution in [0.5, 0.6) is 0 Å². The van der Waals surface area contributed by atoms with Crippen LogP contribution in [-0.2, 0) is 6.42 Å². The Labute approximate surface area is 119 Å². The van der Waals surface area contributed by atoms with Crippen molar-refractivity contribution >= 4 is 0 Å². The fourth-order valence-electron chi connectivity index (χ4n) is 2.64. The van der Waals surface area contributed by atoms with Crippen LogP contribution in [-0.4, -0.2) is 16.7 Å². The summed E-state index contributed by atoms with van der Waals surface area (Å²) in [4.78, 5) is 4.54. The average molecular weight is 271 g/mol. The van der Waals surface area contributed by atoms with Crippen molar-refractivity contribution < 1.29 is 4.52 Å². The first-order valence-corrected chi connectivity index (χ1v) is 7.34. The second kappa shape index (κ2) is 5.75. The molecule has 1 aromatic carbocycles. The number of aryl methyl sites for hydroxylation is 2. The monoisotopic (exact) mass is 271 g/mol. The molecule has 106 valence electrons. The Morgan fingerprint density at radius 1 is 1.25 bits per heavy atom. The first kappa shape index (κ1) is 13.3. The molecule has 1 aliphatic heterocycles. The third kappa shape index (κ3) is 2.90. The maximum absolute atomic E-state index is 5.41. The van der Waals surface area contributed by atoms with Crippen molar-refractivity contribution in [1.82, 2.24) is 15.5 Å². The molecule has 0 bridgehead atoms. The van der Waals surface area contributed by atoms with E-state index in [9.17, 15) is 0 Å². The number of hydrogen-bond acceptors (Lipinski definition) is 4. The van der Waals surface area contributed by atoms with E-state index >= 15 is 0 Å². The van der Waals surface area contributed by atoms with Crippen molar-refractivity contribution in [2.24, 2.45) is 0 Å². The van der Waals surface area contributed by atoms with E-state index < -0.39 is 0 Å². The van der Waals surface area contributed by atoms with Crippen LogP contribution in [0.1, 0.15) is 53.7 Å². The molecule has 1 N–H and O–H groups in total. The molecule has 2 heterocycles. The summed E-state index contributed by atoms with van der Waals surface area (Å²) in [5.74, 6) is 1.51. The van der Waals surface area contributed by atoms with Crippen LogP contribution in [0.3, 0.4) is 0 Å². The topological polar surface area (TPSA) is 51.0 Å². The lowest BCUT2D eigenvalue weighted by molar-refractivity contribution is 0.296. The molecule has 3 rings (SSSR count). The Morgan fingerprint density at radius 3 is 2.90 bits per heavy atom. The summed E-state index contributed by atoms with van der Waals surface area (Å²) < 4.78 is 5.41. The molecular formula is C16H21N3O. The van der Waals surface area contributed by atoms with E-state index in [1.807, 2.05) is 0 Å². The summed E-state index contributed by atoms with van der Waals surface area (Å²) in [5, 5.41) is 7.55.